The lowest BCUT2D eigenvalue weighted by atomic mass is 9.90. The Bertz CT molecular complexity index is 250. The zero-order valence-corrected chi connectivity index (χ0v) is 8.82. The maximum absolute atomic E-state index is 2.45. The van der Waals surface area contributed by atoms with Crippen molar-refractivity contribution in [3.63, 3.8) is 0 Å². The van der Waals surface area contributed by atoms with Gasteiger partial charge in [0.2, 0.25) is 0 Å². The Morgan fingerprint density at radius 1 is 1.33 bits per heavy atom. The molecule has 1 aliphatic heterocycles. The molecule has 0 aromatic carbocycles. The molecule has 0 amide bonds. The van der Waals surface area contributed by atoms with Crippen LogP contribution in [0, 0.1) is 11.8 Å². The molecule has 2 rings (SSSR count). The van der Waals surface area contributed by atoms with Crippen LogP contribution in [-0.2, 0) is 0 Å². The first kappa shape index (κ1) is 8.43. The number of thioether (sulfide) groups is 1. The van der Waals surface area contributed by atoms with Gasteiger partial charge < -0.3 is 0 Å². The van der Waals surface area contributed by atoms with E-state index >= 15 is 0 Å². The van der Waals surface area contributed by atoms with Crippen LogP contribution < -0.4 is 0 Å². The van der Waals surface area contributed by atoms with Crippen LogP contribution in [0.5, 0.6) is 0 Å². The van der Waals surface area contributed by atoms with E-state index in [9.17, 15) is 0 Å². The van der Waals surface area contributed by atoms with E-state index in [1.807, 2.05) is 0 Å². The summed E-state index contributed by atoms with van der Waals surface area (Å²) < 4.78 is 0. The molecule has 0 radical (unpaired) electrons. The van der Waals surface area contributed by atoms with Gasteiger partial charge in [-0.3, -0.25) is 0 Å². The first-order chi connectivity index (χ1) is 5.68. The maximum atomic E-state index is 2.45. The van der Waals surface area contributed by atoms with Crippen LogP contribution in [0.1, 0.15) is 27.2 Å². The predicted molar refractivity (Wildman–Crippen MR) is 56.2 cm³/mol. The van der Waals surface area contributed by atoms with E-state index in [4.69, 9.17) is 0 Å². The summed E-state index contributed by atoms with van der Waals surface area (Å²) in [5, 5.41) is 0.785. The molecule has 66 valence electrons. The highest BCUT2D eigenvalue weighted by molar-refractivity contribution is 8.04. The summed E-state index contributed by atoms with van der Waals surface area (Å²) in [7, 11) is 0. The van der Waals surface area contributed by atoms with E-state index in [-0.39, 0.29) is 0 Å². The van der Waals surface area contributed by atoms with Gasteiger partial charge in [-0.25, -0.2) is 0 Å². The van der Waals surface area contributed by atoms with Crippen LogP contribution in [0.25, 0.3) is 0 Å². The SMILES string of the molecule is CC1C=C2SC(C)C(C)C2=CC1. The van der Waals surface area contributed by atoms with Crippen LogP contribution in [0.15, 0.2) is 22.6 Å². The Balaban J connectivity index is 2.30. The van der Waals surface area contributed by atoms with Crippen molar-refractivity contribution in [3.8, 4) is 0 Å². The monoisotopic (exact) mass is 180 g/mol. The summed E-state index contributed by atoms with van der Waals surface area (Å²) in [6, 6.07) is 0. The number of fused-ring (bicyclic) bond motifs is 1. The Morgan fingerprint density at radius 3 is 2.83 bits per heavy atom. The van der Waals surface area contributed by atoms with Crippen molar-refractivity contribution in [2.24, 2.45) is 11.8 Å². The van der Waals surface area contributed by atoms with Crippen molar-refractivity contribution < 1.29 is 0 Å². The second-order valence-electron chi connectivity index (χ2n) is 4.02. The highest BCUT2D eigenvalue weighted by Gasteiger charge is 2.30. The van der Waals surface area contributed by atoms with Crippen LogP contribution in [0.4, 0.5) is 0 Å². The van der Waals surface area contributed by atoms with Gasteiger partial charge in [0.1, 0.15) is 0 Å². The van der Waals surface area contributed by atoms with Gasteiger partial charge in [-0.2, -0.15) is 0 Å². The Morgan fingerprint density at radius 2 is 2.08 bits per heavy atom. The van der Waals surface area contributed by atoms with Gasteiger partial charge in [0, 0.05) is 10.2 Å². The molecular formula is C11H16S. The van der Waals surface area contributed by atoms with Crippen LogP contribution in [0.2, 0.25) is 0 Å². The molecule has 0 saturated carbocycles. The van der Waals surface area contributed by atoms with E-state index in [1.165, 1.54) is 6.42 Å². The Hall–Kier alpha value is -0.170. The smallest absolute Gasteiger partial charge is 0.0132 e. The molecule has 0 aromatic heterocycles. The minimum Gasteiger partial charge on any atom is -0.122 e. The van der Waals surface area contributed by atoms with Gasteiger partial charge in [-0.05, 0) is 23.8 Å². The zero-order valence-electron chi connectivity index (χ0n) is 8.00. The fraction of sp³-hybridized carbons (Fsp3) is 0.636. The molecule has 3 atom stereocenters. The highest BCUT2D eigenvalue weighted by Crippen LogP contribution is 2.47. The van der Waals surface area contributed by atoms with E-state index < -0.39 is 0 Å². The molecule has 0 N–H and O–H groups in total. The van der Waals surface area contributed by atoms with E-state index in [0.29, 0.717) is 0 Å². The molecule has 1 heteroatoms. The number of hydrogen-bond acceptors (Lipinski definition) is 1. The summed E-state index contributed by atoms with van der Waals surface area (Å²) in [6.07, 6.45) is 6.14. The average molecular weight is 180 g/mol. The van der Waals surface area contributed by atoms with Crippen molar-refractivity contribution in [1.29, 1.82) is 0 Å². The number of hydrogen-bond donors (Lipinski definition) is 0. The van der Waals surface area contributed by atoms with Gasteiger partial charge in [0.05, 0.1) is 0 Å². The molecule has 2 aliphatic rings. The zero-order chi connectivity index (χ0) is 8.72. The quantitative estimate of drug-likeness (QED) is 0.549. The molecule has 0 nitrogen and oxygen atoms in total. The molecule has 0 spiro atoms. The van der Waals surface area contributed by atoms with E-state index in [0.717, 1.165) is 17.1 Å². The number of rotatable bonds is 0. The van der Waals surface area contributed by atoms with Crippen molar-refractivity contribution in [1.82, 2.24) is 0 Å². The maximum Gasteiger partial charge on any atom is 0.0132 e. The van der Waals surface area contributed by atoms with Crippen LogP contribution >= 0.6 is 11.8 Å². The fourth-order valence-electron chi connectivity index (χ4n) is 1.91. The van der Waals surface area contributed by atoms with E-state index in [2.05, 4.69) is 44.7 Å². The van der Waals surface area contributed by atoms with Gasteiger partial charge in [-0.15, -0.1) is 11.8 Å². The Kier molecular flexibility index (Phi) is 2.07. The third-order valence-corrected chi connectivity index (χ3v) is 4.34. The lowest BCUT2D eigenvalue weighted by Gasteiger charge is -2.14. The third kappa shape index (κ3) is 1.24. The molecule has 12 heavy (non-hydrogen) atoms. The second kappa shape index (κ2) is 2.95. The van der Waals surface area contributed by atoms with Gasteiger partial charge >= 0.3 is 0 Å². The molecule has 1 fully saturated rings. The first-order valence-corrected chi connectivity index (χ1v) is 5.65. The van der Waals surface area contributed by atoms with Crippen molar-refractivity contribution in [3.05, 3.63) is 22.6 Å². The van der Waals surface area contributed by atoms with Crippen LogP contribution in [-0.4, -0.2) is 5.25 Å². The minimum atomic E-state index is 0.758. The standard InChI is InChI=1S/C11H16S/c1-7-4-5-10-8(2)9(3)12-11(10)6-7/h5-9H,4H2,1-3H3. The van der Waals surface area contributed by atoms with Gasteiger partial charge in [0.25, 0.3) is 0 Å². The molecule has 0 bridgehead atoms. The summed E-state index contributed by atoms with van der Waals surface area (Å²) in [5.41, 5.74) is 1.62. The molecule has 1 heterocycles. The molecule has 3 unspecified atom stereocenters. The third-order valence-electron chi connectivity index (χ3n) is 2.94. The Labute approximate surface area is 79.1 Å². The van der Waals surface area contributed by atoms with Gasteiger partial charge in [0.15, 0.2) is 0 Å². The largest absolute Gasteiger partial charge is 0.122 e. The lowest BCUT2D eigenvalue weighted by molar-refractivity contribution is 0.668. The summed E-state index contributed by atoms with van der Waals surface area (Å²) >= 11 is 2.05. The molecular weight excluding hydrogens is 164 g/mol. The second-order valence-corrected chi connectivity index (χ2v) is 5.43. The molecule has 1 saturated heterocycles. The molecule has 1 aliphatic carbocycles. The van der Waals surface area contributed by atoms with Crippen LogP contribution in [0.3, 0.4) is 0 Å². The first-order valence-electron chi connectivity index (χ1n) is 4.77. The van der Waals surface area contributed by atoms with Gasteiger partial charge in [-0.1, -0.05) is 32.9 Å². The summed E-state index contributed by atoms with van der Waals surface area (Å²) in [6.45, 7) is 6.98. The fourth-order valence-corrected chi connectivity index (χ4v) is 3.38. The normalized spacial score (nSPS) is 40.4. The predicted octanol–water partition coefficient (Wildman–Crippen LogP) is 3.61. The summed E-state index contributed by atoms with van der Waals surface area (Å²) in [5.74, 6) is 1.53. The van der Waals surface area contributed by atoms with Crippen molar-refractivity contribution in [2.75, 3.05) is 0 Å². The highest BCUT2D eigenvalue weighted by atomic mass is 32.2. The topological polar surface area (TPSA) is 0 Å². The van der Waals surface area contributed by atoms with E-state index in [1.54, 1.807) is 10.5 Å². The number of allylic oxidation sites excluding steroid dienone is 3. The molecule has 0 aromatic rings. The van der Waals surface area contributed by atoms with Crippen molar-refractivity contribution in [2.45, 2.75) is 32.4 Å². The minimum absolute atomic E-state index is 0.758. The lowest BCUT2D eigenvalue weighted by Crippen LogP contribution is -2.05. The average Bonchev–Trinajstić information content (AvgIpc) is 2.28. The summed E-state index contributed by atoms with van der Waals surface area (Å²) in [4.78, 5) is 1.56. The van der Waals surface area contributed by atoms with Crippen molar-refractivity contribution >= 4 is 11.8 Å².